The molecular formula is C6H11NO2. The van der Waals surface area contributed by atoms with E-state index in [1.165, 1.54) is 6.92 Å². The van der Waals surface area contributed by atoms with E-state index in [2.05, 4.69) is 5.32 Å². The van der Waals surface area contributed by atoms with Crippen molar-refractivity contribution in [2.45, 2.75) is 25.5 Å². The predicted molar refractivity (Wildman–Crippen MR) is 33.1 cm³/mol. The van der Waals surface area contributed by atoms with Gasteiger partial charge >= 0.3 is 0 Å². The fourth-order valence-electron chi connectivity index (χ4n) is 1.03. The van der Waals surface area contributed by atoms with Crippen molar-refractivity contribution in [3.8, 4) is 0 Å². The van der Waals surface area contributed by atoms with Gasteiger partial charge in [-0.2, -0.15) is 0 Å². The average molecular weight is 129 g/mol. The van der Waals surface area contributed by atoms with E-state index < -0.39 is 0 Å². The molecule has 1 saturated heterocycles. The van der Waals surface area contributed by atoms with Gasteiger partial charge in [0.2, 0.25) is 0 Å². The van der Waals surface area contributed by atoms with Crippen molar-refractivity contribution in [1.29, 1.82) is 0 Å². The summed E-state index contributed by atoms with van der Waals surface area (Å²) in [5.74, 6) is 0.117. The van der Waals surface area contributed by atoms with E-state index in [-0.39, 0.29) is 17.9 Å². The van der Waals surface area contributed by atoms with Gasteiger partial charge in [-0.05, 0) is 13.3 Å². The molecule has 1 rings (SSSR count). The number of hydrogen-bond donors (Lipinski definition) is 2. The first kappa shape index (κ1) is 6.71. The third kappa shape index (κ3) is 1.50. The smallest absolute Gasteiger partial charge is 0.146 e. The minimum atomic E-state index is -0.320. The Hall–Kier alpha value is -0.410. The van der Waals surface area contributed by atoms with Crippen LogP contribution in [0.25, 0.3) is 0 Å². The summed E-state index contributed by atoms with van der Waals surface area (Å²) in [6, 6.07) is -0.0972. The van der Waals surface area contributed by atoms with Gasteiger partial charge in [-0.3, -0.25) is 4.79 Å². The van der Waals surface area contributed by atoms with Crippen LogP contribution in [0.5, 0.6) is 0 Å². The molecule has 1 aliphatic rings. The van der Waals surface area contributed by atoms with Crippen molar-refractivity contribution in [2.75, 3.05) is 6.54 Å². The Morgan fingerprint density at radius 3 is 2.67 bits per heavy atom. The van der Waals surface area contributed by atoms with E-state index in [0.717, 1.165) is 0 Å². The number of ketones is 1. The molecule has 0 aliphatic carbocycles. The number of Topliss-reactive ketones (excluding diaryl/α,β-unsaturated/α-hetero) is 1. The van der Waals surface area contributed by atoms with Crippen LogP contribution in [0, 0.1) is 0 Å². The third-order valence-electron chi connectivity index (χ3n) is 1.60. The van der Waals surface area contributed by atoms with E-state index in [4.69, 9.17) is 5.11 Å². The monoisotopic (exact) mass is 129 g/mol. The Balaban J connectivity index is 2.39. The summed E-state index contributed by atoms with van der Waals surface area (Å²) in [5, 5.41) is 11.8. The molecule has 0 radical (unpaired) electrons. The minimum absolute atomic E-state index is 0.0972. The fraction of sp³-hybridized carbons (Fsp3) is 0.833. The molecule has 0 amide bonds. The lowest BCUT2D eigenvalue weighted by Gasteiger charge is -2.01. The molecule has 0 aromatic carbocycles. The predicted octanol–water partition coefficient (Wildman–Crippen LogP) is -0.702. The lowest BCUT2D eigenvalue weighted by molar-refractivity contribution is -0.118. The third-order valence-corrected chi connectivity index (χ3v) is 1.60. The largest absolute Gasteiger partial charge is 0.392 e. The Bertz CT molecular complexity index is 124. The van der Waals surface area contributed by atoms with Gasteiger partial charge in [0.25, 0.3) is 0 Å². The molecule has 0 unspecified atom stereocenters. The zero-order valence-corrected chi connectivity index (χ0v) is 5.42. The van der Waals surface area contributed by atoms with Crippen LogP contribution < -0.4 is 5.32 Å². The van der Waals surface area contributed by atoms with Gasteiger partial charge in [0.15, 0.2) is 0 Å². The van der Waals surface area contributed by atoms with Crippen molar-refractivity contribution < 1.29 is 9.90 Å². The molecule has 2 atom stereocenters. The van der Waals surface area contributed by atoms with Crippen molar-refractivity contribution in [1.82, 2.24) is 5.32 Å². The van der Waals surface area contributed by atoms with Gasteiger partial charge in [-0.1, -0.05) is 0 Å². The van der Waals surface area contributed by atoms with Crippen LogP contribution in [0.15, 0.2) is 0 Å². The van der Waals surface area contributed by atoms with Crippen LogP contribution >= 0.6 is 0 Å². The summed E-state index contributed by atoms with van der Waals surface area (Å²) in [7, 11) is 0. The molecular weight excluding hydrogens is 118 g/mol. The highest BCUT2D eigenvalue weighted by atomic mass is 16.3. The summed E-state index contributed by atoms with van der Waals surface area (Å²) in [4.78, 5) is 10.6. The Morgan fingerprint density at radius 1 is 1.78 bits per heavy atom. The number of hydrogen-bond acceptors (Lipinski definition) is 3. The van der Waals surface area contributed by atoms with E-state index in [9.17, 15) is 4.79 Å². The normalized spacial score (nSPS) is 34.9. The molecule has 3 nitrogen and oxygen atoms in total. The molecule has 0 saturated carbocycles. The lowest BCUT2D eigenvalue weighted by Crippen LogP contribution is -2.28. The van der Waals surface area contributed by atoms with Crippen molar-refractivity contribution in [3.63, 3.8) is 0 Å². The second kappa shape index (κ2) is 2.45. The van der Waals surface area contributed by atoms with Crippen molar-refractivity contribution in [2.24, 2.45) is 0 Å². The van der Waals surface area contributed by atoms with Crippen LogP contribution in [-0.4, -0.2) is 29.6 Å². The molecule has 52 valence electrons. The molecule has 0 aromatic heterocycles. The molecule has 0 spiro atoms. The Morgan fingerprint density at radius 2 is 2.44 bits per heavy atom. The van der Waals surface area contributed by atoms with Crippen LogP contribution in [-0.2, 0) is 4.79 Å². The molecule has 9 heavy (non-hydrogen) atoms. The zero-order chi connectivity index (χ0) is 6.85. The number of nitrogens with one attached hydrogen (secondary N) is 1. The van der Waals surface area contributed by atoms with Crippen molar-refractivity contribution >= 4 is 5.78 Å². The van der Waals surface area contributed by atoms with E-state index in [0.29, 0.717) is 13.0 Å². The maximum absolute atomic E-state index is 10.6. The second-order valence-corrected chi connectivity index (χ2v) is 2.46. The quantitative estimate of drug-likeness (QED) is 0.492. The van der Waals surface area contributed by atoms with Gasteiger partial charge in [0, 0.05) is 6.54 Å². The molecule has 1 aliphatic heterocycles. The minimum Gasteiger partial charge on any atom is -0.392 e. The zero-order valence-electron chi connectivity index (χ0n) is 5.42. The first-order valence-corrected chi connectivity index (χ1v) is 3.12. The van der Waals surface area contributed by atoms with Gasteiger partial charge < -0.3 is 10.4 Å². The number of aliphatic hydroxyl groups excluding tert-OH is 1. The highest BCUT2D eigenvalue weighted by molar-refractivity contribution is 5.81. The molecule has 1 fully saturated rings. The highest BCUT2D eigenvalue weighted by Crippen LogP contribution is 2.05. The summed E-state index contributed by atoms with van der Waals surface area (Å²) in [6.07, 6.45) is 0.258. The molecule has 3 heteroatoms. The van der Waals surface area contributed by atoms with Crippen LogP contribution in [0.1, 0.15) is 13.3 Å². The van der Waals surface area contributed by atoms with Crippen molar-refractivity contribution in [3.05, 3.63) is 0 Å². The van der Waals surface area contributed by atoms with E-state index in [1.54, 1.807) is 0 Å². The van der Waals surface area contributed by atoms with Gasteiger partial charge in [0.05, 0.1) is 12.1 Å². The molecule has 0 bridgehead atoms. The van der Waals surface area contributed by atoms with Gasteiger partial charge in [-0.25, -0.2) is 0 Å². The van der Waals surface area contributed by atoms with Gasteiger partial charge in [0.1, 0.15) is 5.78 Å². The summed E-state index contributed by atoms with van der Waals surface area (Å²) >= 11 is 0. The number of rotatable bonds is 1. The Kier molecular flexibility index (Phi) is 1.83. The first-order chi connectivity index (χ1) is 4.20. The number of β-amino-alcohol motifs (C(OH)–C–C–N with tert-alkyl or cyclic N) is 1. The number of aliphatic hydroxyl groups is 1. The summed E-state index contributed by atoms with van der Waals surface area (Å²) in [5.41, 5.74) is 0. The first-order valence-electron chi connectivity index (χ1n) is 3.12. The van der Waals surface area contributed by atoms with E-state index in [1.807, 2.05) is 0 Å². The standard InChI is InChI=1S/C6H11NO2/c1-4(8)6-2-5(9)3-7-6/h5-7,9H,2-3H2,1H3/t5-,6-/m1/s1. The number of carbonyl (C=O) groups is 1. The molecule has 2 N–H and O–H groups in total. The van der Waals surface area contributed by atoms with E-state index >= 15 is 0 Å². The average Bonchev–Trinajstić information content (AvgIpc) is 2.14. The molecule has 0 aromatic rings. The number of carbonyl (C=O) groups excluding carboxylic acids is 1. The fourth-order valence-corrected chi connectivity index (χ4v) is 1.03. The topological polar surface area (TPSA) is 49.3 Å². The maximum atomic E-state index is 10.6. The maximum Gasteiger partial charge on any atom is 0.146 e. The lowest BCUT2D eigenvalue weighted by atomic mass is 10.1. The van der Waals surface area contributed by atoms with Gasteiger partial charge in [-0.15, -0.1) is 0 Å². The Labute approximate surface area is 54.1 Å². The van der Waals surface area contributed by atoms with Crippen LogP contribution in [0.2, 0.25) is 0 Å². The highest BCUT2D eigenvalue weighted by Gasteiger charge is 2.24. The molecule has 1 heterocycles. The SMILES string of the molecule is CC(=O)[C@H]1C[C@@H](O)CN1. The van der Waals surface area contributed by atoms with Crippen LogP contribution in [0.3, 0.4) is 0 Å². The second-order valence-electron chi connectivity index (χ2n) is 2.46. The summed E-state index contributed by atoms with van der Waals surface area (Å²) < 4.78 is 0. The summed E-state index contributed by atoms with van der Waals surface area (Å²) in [6.45, 7) is 2.10. The van der Waals surface area contributed by atoms with Crippen LogP contribution in [0.4, 0.5) is 0 Å².